The second-order valence-corrected chi connectivity index (χ2v) is 4.74. The first kappa shape index (κ1) is 7.10. The molecule has 0 radical (unpaired) electrons. The van der Waals surface area contributed by atoms with Gasteiger partial charge in [0.1, 0.15) is 0 Å². The molecule has 0 heterocycles. The molecule has 0 bridgehead atoms. The Morgan fingerprint density at radius 3 is 1.67 bits per heavy atom. The molecule has 0 fully saturated rings. The number of rotatable bonds is 1. The van der Waals surface area contributed by atoms with Gasteiger partial charge in [0, 0.05) is 0 Å². The monoisotopic (exact) mass is 166 g/mol. The minimum Gasteiger partial charge on any atom is -0.307 e. The SMILES string of the molecule is O=[PH](Cl)C(Cl)Cl. The van der Waals surface area contributed by atoms with Crippen LogP contribution in [0, 0.1) is 0 Å². The highest BCUT2D eigenvalue weighted by atomic mass is 35.7. The van der Waals surface area contributed by atoms with E-state index in [1.54, 1.807) is 0 Å². The molecule has 0 saturated heterocycles. The summed E-state index contributed by atoms with van der Waals surface area (Å²) in [5, 5.41) is 0. The first-order valence-electron chi connectivity index (χ1n) is 1.12. The third-order valence-electron chi connectivity index (χ3n) is 0.172. The maximum Gasteiger partial charge on any atom is 0.189 e. The summed E-state index contributed by atoms with van der Waals surface area (Å²) < 4.78 is 8.94. The van der Waals surface area contributed by atoms with Crippen molar-refractivity contribution in [2.75, 3.05) is 0 Å². The molecule has 1 atom stereocenters. The van der Waals surface area contributed by atoms with Crippen LogP contribution < -0.4 is 0 Å². The minimum atomic E-state index is -2.20. The molecule has 38 valence electrons. The van der Waals surface area contributed by atoms with Gasteiger partial charge in [-0.3, -0.25) is 0 Å². The van der Waals surface area contributed by atoms with Crippen molar-refractivity contribution in [1.82, 2.24) is 0 Å². The van der Waals surface area contributed by atoms with E-state index in [2.05, 4.69) is 0 Å². The fraction of sp³-hybridized carbons (Fsp3) is 1.00. The normalized spacial score (nSPS) is 15.3. The average Bonchev–Trinajstić information content (AvgIpc) is 1.36. The third kappa shape index (κ3) is 3.30. The first-order chi connectivity index (χ1) is 2.64. The summed E-state index contributed by atoms with van der Waals surface area (Å²) in [6.07, 6.45) is 0. The molecule has 0 aliphatic heterocycles. The van der Waals surface area contributed by atoms with Crippen molar-refractivity contribution in [3.8, 4) is 0 Å². The van der Waals surface area contributed by atoms with Crippen LogP contribution in [0.2, 0.25) is 0 Å². The lowest BCUT2D eigenvalue weighted by Gasteiger charge is -1.84. The molecule has 0 amide bonds. The van der Waals surface area contributed by atoms with Gasteiger partial charge < -0.3 is 4.57 Å². The van der Waals surface area contributed by atoms with Crippen LogP contribution >= 0.6 is 41.6 Å². The van der Waals surface area contributed by atoms with Gasteiger partial charge in [0.2, 0.25) is 0 Å². The van der Waals surface area contributed by atoms with E-state index < -0.39 is 11.7 Å². The maximum atomic E-state index is 9.83. The zero-order chi connectivity index (χ0) is 5.15. The molecule has 5 heteroatoms. The summed E-state index contributed by atoms with van der Waals surface area (Å²) in [5.74, 6) is 0. The molecule has 6 heavy (non-hydrogen) atoms. The van der Waals surface area contributed by atoms with Gasteiger partial charge in [0.25, 0.3) is 0 Å². The predicted molar refractivity (Wildman–Crippen MR) is 30.3 cm³/mol. The Balaban J connectivity index is 3.26. The van der Waals surface area contributed by atoms with Crippen molar-refractivity contribution in [2.45, 2.75) is 4.58 Å². The minimum absolute atomic E-state index is 0.892. The van der Waals surface area contributed by atoms with Gasteiger partial charge in [0.05, 0.1) is 0 Å². The number of hydrogen-bond acceptors (Lipinski definition) is 1. The largest absolute Gasteiger partial charge is 0.307 e. The van der Waals surface area contributed by atoms with Gasteiger partial charge in [-0.2, -0.15) is 0 Å². The third-order valence-corrected chi connectivity index (χ3v) is 3.03. The highest BCUT2D eigenvalue weighted by Gasteiger charge is 2.01. The molecule has 0 aromatic carbocycles. The Bertz CT molecular complexity index is 61.8. The Morgan fingerprint density at radius 2 is 1.67 bits per heavy atom. The molecule has 1 unspecified atom stereocenters. The van der Waals surface area contributed by atoms with Crippen molar-refractivity contribution in [1.29, 1.82) is 0 Å². The van der Waals surface area contributed by atoms with E-state index in [1.165, 1.54) is 0 Å². The highest BCUT2D eigenvalue weighted by molar-refractivity contribution is 7.77. The quantitative estimate of drug-likeness (QED) is 0.433. The second-order valence-electron chi connectivity index (χ2n) is 0.605. The van der Waals surface area contributed by atoms with Crippen molar-refractivity contribution >= 4 is 41.6 Å². The van der Waals surface area contributed by atoms with Crippen molar-refractivity contribution in [3.63, 3.8) is 0 Å². The summed E-state index contributed by atoms with van der Waals surface area (Å²) >= 11 is 14.9. The summed E-state index contributed by atoms with van der Waals surface area (Å²) in [6.45, 7) is 0. The van der Waals surface area contributed by atoms with Crippen LogP contribution in [0.4, 0.5) is 0 Å². The molecule has 0 N–H and O–H groups in total. The lowest BCUT2D eigenvalue weighted by Crippen LogP contribution is -1.64. The topological polar surface area (TPSA) is 17.1 Å². The highest BCUT2D eigenvalue weighted by Crippen LogP contribution is 2.38. The fourth-order valence-corrected chi connectivity index (χ4v) is 0. The van der Waals surface area contributed by atoms with E-state index in [1.807, 2.05) is 0 Å². The summed E-state index contributed by atoms with van der Waals surface area (Å²) in [6, 6.07) is 0. The zero-order valence-electron chi connectivity index (χ0n) is 2.62. The van der Waals surface area contributed by atoms with E-state index in [0.717, 1.165) is 0 Å². The van der Waals surface area contributed by atoms with Crippen LogP contribution in [-0.4, -0.2) is 4.58 Å². The van der Waals surface area contributed by atoms with E-state index in [-0.39, 0.29) is 0 Å². The van der Waals surface area contributed by atoms with Gasteiger partial charge in [-0.15, -0.1) is 0 Å². The van der Waals surface area contributed by atoms with E-state index >= 15 is 0 Å². The molecular formula is CH2Cl3OP. The Kier molecular flexibility index (Phi) is 3.72. The molecule has 0 rings (SSSR count). The van der Waals surface area contributed by atoms with Crippen molar-refractivity contribution in [2.24, 2.45) is 0 Å². The van der Waals surface area contributed by atoms with Gasteiger partial charge >= 0.3 is 0 Å². The van der Waals surface area contributed by atoms with E-state index in [0.29, 0.717) is 0 Å². The van der Waals surface area contributed by atoms with Crippen LogP contribution in [0.3, 0.4) is 0 Å². The molecule has 0 spiro atoms. The van der Waals surface area contributed by atoms with Crippen LogP contribution in [0.5, 0.6) is 0 Å². The lowest BCUT2D eigenvalue weighted by atomic mass is 11.9. The summed E-state index contributed by atoms with van der Waals surface area (Å²) in [7, 11) is -2.20. The lowest BCUT2D eigenvalue weighted by molar-refractivity contribution is 0.597. The molecule has 0 aliphatic carbocycles. The second kappa shape index (κ2) is 3.15. The Morgan fingerprint density at radius 1 is 1.50 bits per heavy atom. The van der Waals surface area contributed by atoms with Crippen LogP contribution in [0.15, 0.2) is 0 Å². The zero-order valence-corrected chi connectivity index (χ0v) is 5.89. The van der Waals surface area contributed by atoms with Gasteiger partial charge in [0.15, 0.2) is 11.7 Å². The number of hydrogen-bond donors (Lipinski definition) is 0. The Hall–Kier alpha value is 1.10. The Labute approximate surface area is 51.1 Å². The summed E-state index contributed by atoms with van der Waals surface area (Å²) in [5.41, 5.74) is 0. The number of alkyl halides is 2. The maximum absolute atomic E-state index is 9.83. The molecule has 0 saturated carbocycles. The van der Waals surface area contributed by atoms with Crippen LogP contribution in [-0.2, 0) is 4.57 Å². The smallest absolute Gasteiger partial charge is 0.189 e. The molecule has 0 aliphatic rings. The standard InChI is InChI=1S/CH2Cl3OP/c2-1(3)6(4)5/h1,6H. The van der Waals surface area contributed by atoms with Gasteiger partial charge in [-0.05, 0) is 0 Å². The molecule has 1 nitrogen and oxygen atoms in total. The predicted octanol–water partition coefficient (Wildman–Crippen LogP) is 2.46. The van der Waals surface area contributed by atoms with Crippen LogP contribution in [0.25, 0.3) is 0 Å². The van der Waals surface area contributed by atoms with Gasteiger partial charge in [-0.25, -0.2) is 0 Å². The summed E-state index contributed by atoms with van der Waals surface area (Å²) in [4.78, 5) is 0. The van der Waals surface area contributed by atoms with Gasteiger partial charge in [-0.1, -0.05) is 34.4 Å². The molecule has 0 aromatic rings. The number of halogens is 3. The fourth-order valence-electron chi connectivity index (χ4n) is 0. The first-order valence-corrected chi connectivity index (χ1v) is 4.49. The molecular weight excluding hydrogens is 165 g/mol. The van der Waals surface area contributed by atoms with E-state index in [9.17, 15) is 4.57 Å². The average molecular weight is 167 g/mol. The van der Waals surface area contributed by atoms with Crippen LogP contribution in [0.1, 0.15) is 0 Å². The molecule has 0 aromatic heterocycles. The van der Waals surface area contributed by atoms with Crippen molar-refractivity contribution in [3.05, 3.63) is 0 Å². The van der Waals surface area contributed by atoms with Crippen molar-refractivity contribution < 1.29 is 4.57 Å². The van der Waals surface area contributed by atoms with E-state index in [4.69, 9.17) is 34.4 Å².